The first-order chi connectivity index (χ1) is 8.36. The summed E-state index contributed by atoms with van der Waals surface area (Å²) in [7, 11) is 1.74. The maximum Gasteiger partial charge on any atom is 0.243 e. The van der Waals surface area contributed by atoms with E-state index in [0.29, 0.717) is 24.9 Å². The van der Waals surface area contributed by atoms with Crippen molar-refractivity contribution in [3.8, 4) is 11.6 Å². The van der Waals surface area contributed by atoms with E-state index >= 15 is 0 Å². The summed E-state index contributed by atoms with van der Waals surface area (Å²) in [6, 6.07) is 0. The van der Waals surface area contributed by atoms with Crippen molar-refractivity contribution in [2.24, 2.45) is 7.05 Å². The Labute approximate surface area is 96.1 Å². The lowest BCUT2D eigenvalue weighted by molar-refractivity contribution is 0.109. The molecular weight excluding hydrogens is 226 g/mol. The molecule has 0 bridgehead atoms. The van der Waals surface area contributed by atoms with Crippen molar-refractivity contribution in [3.05, 3.63) is 0 Å². The van der Waals surface area contributed by atoms with E-state index in [2.05, 4.69) is 31.1 Å². The maximum absolute atomic E-state index is 5.28. The van der Waals surface area contributed by atoms with Crippen LogP contribution in [-0.2, 0) is 11.8 Å². The lowest BCUT2D eigenvalue weighted by atomic mass is 10.5. The van der Waals surface area contributed by atoms with Crippen molar-refractivity contribution in [2.75, 3.05) is 31.3 Å². The second kappa shape index (κ2) is 4.05. The molecule has 10 heteroatoms. The van der Waals surface area contributed by atoms with Gasteiger partial charge in [-0.25, -0.2) is 4.68 Å². The molecule has 0 spiro atoms. The zero-order valence-electron chi connectivity index (χ0n) is 9.26. The summed E-state index contributed by atoms with van der Waals surface area (Å²) in [5.74, 6) is 1.06. The number of rotatable bonds is 2. The van der Waals surface area contributed by atoms with Gasteiger partial charge in [-0.3, -0.25) is 5.01 Å². The van der Waals surface area contributed by atoms with Crippen LogP contribution in [0.4, 0.5) is 0 Å². The molecule has 90 valence electrons. The van der Waals surface area contributed by atoms with E-state index in [4.69, 9.17) is 4.74 Å². The van der Waals surface area contributed by atoms with E-state index in [1.54, 1.807) is 11.8 Å². The first-order valence-electron chi connectivity index (χ1n) is 5.20. The quantitative estimate of drug-likeness (QED) is 0.582. The van der Waals surface area contributed by atoms with Crippen LogP contribution in [0.2, 0.25) is 0 Å². The van der Waals surface area contributed by atoms with Gasteiger partial charge in [0.05, 0.1) is 26.3 Å². The molecule has 1 fully saturated rings. The summed E-state index contributed by atoms with van der Waals surface area (Å²) in [5.41, 5.74) is 0. The predicted octanol–water partition coefficient (Wildman–Crippen LogP) is -2.17. The number of ether oxygens (including phenoxy) is 1. The van der Waals surface area contributed by atoms with Crippen LogP contribution in [0.1, 0.15) is 0 Å². The Morgan fingerprint density at radius 3 is 2.41 bits per heavy atom. The van der Waals surface area contributed by atoms with Crippen LogP contribution in [0, 0.1) is 0 Å². The Morgan fingerprint density at radius 1 is 1.00 bits per heavy atom. The highest BCUT2D eigenvalue weighted by Gasteiger charge is 2.20. The van der Waals surface area contributed by atoms with Gasteiger partial charge in [0.1, 0.15) is 0 Å². The van der Waals surface area contributed by atoms with Crippen LogP contribution in [-0.4, -0.2) is 66.8 Å². The molecule has 1 saturated heterocycles. The smallest absolute Gasteiger partial charge is 0.243 e. The molecule has 0 saturated carbocycles. The van der Waals surface area contributed by atoms with Crippen molar-refractivity contribution < 1.29 is 4.74 Å². The Bertz CT molecular complexity index is 499. The predicted molar refractivity (Wildman–Crippen MR) is 54.4 cm³/mol. The molecule has 0 N–H and O–H groups in total. The van der Waals surface area contributed by atoms with Gasteiger partial charge in [-0.05, 0) is 20.9 Å². The standard InChI is InChI=1S/C7H11N9O/c1-14-6(8-10-12-14)7-9-11-13-16(7)15-2-4-17-5-3-15/h2-5H2,1H3. The topological polar surface area (TPSA) is 99.7 Å². The fourth-order valence-corrected chi connectivity index (χ4v) is 1.67. The van der Waals surface area contributed by atoms with Gasteiger partial charge < -0.3 is 4.74 Å². The minimum Gasteiger partial charge on any atom is -0.378 e. The van der Waals surface area contributed by atoms with E-state index < -0.39 is 0 Å². The fraction of sp³-hybridized carbons (Fsp3) is 0.714. The van der Waals surface area contributed by atoms with Gasteiger partial charge in [-0.2, -0.15) is 0 Å². The van der Waals surface area contributed by atoms with Crippen molar-refractivity contribution >= 4 is 0 Å². The third-order valence-corrected chi connectivity index (χ3v) is 2.53. The van der Waals surface area contributed by atoms with Crippen LogP contribution >= 0.6 is 0 Å². The number of aromatic nitrogens is 8. The SMILES string of the molecule is Cn1nnnc1-c1nnnn1N1CCOCC1. The molecule has 1 aliphatic rings. The summed E-state index contributed by atoms with van der Waals surface area (Å²) in [6.07, 6.45) is 0. The highest BCUT2D eigenvalue weighted by Crippen LogP contribution is 2.10. The van der Waals surface area contributed by atoms with Gasteiger partial charge in [-0.1, -0.05) is 0 Å². The fourth-order valence-electron chi connectivity index (χ4n) is 1.67. The Morgan fingerprint density at radius 2 is 1.71 bits per heavy atom. The molecule has 3 rings (SSSR count). The monoisotopic (exact) mass is 237 g/mol. The zero-order valence-corrected chi connectivity index (χ0v) is 9.26. The summed E-state index contributed by atoms with van der Waals surface area (Å²) < 4.78 is 6.81. The summed E-state index contributed by atoms with van der Waals surface area (Å²) in [4.78, 5) is 1.62. The van der Waals surface area contributed by atoms with Crippen LogP contribution in [0.5, 0.6) is 0 Å². The molecule has 1 aliphatic heterocycles. The van der Waals surface area contributed by atoms with E-state index in [0.717, 1.165) is 13.1 Å². The van der Waals surface area contributed by atoms with Gasteiger partial charge in [0.2, 0.25) is 11.6 Å². The van der Waals surface area contributed by atoms with Gasteiger partial charge in [0, 0.05) is 7.05 Å². The van der Waals surface area contributed by atoms with Crippen LogP contribution < -0.4 is 5.01 Å². The first-order valence-corrected chi connectivity index (χ1v) is 5.20. The summed E-state index contributed by atoms with van der Waals surface area (Å²) in [6.45, 7) is 2.80. The Hall–Kier alpha value is -2.10. The summed E-state index contributed by atoms with van der Waals surface area (Å²) >= 11 is 0. The van der Waals surface area contributed by atoms with E-state index in [9.17, 15) is 0 Å². The third-order valence-electron chi connectivity index (χ3n) is 2.53. The maximum atomic E-state index is 5.28. The Balaban J connectivity index is 1.96. The minimum absolute atomic E-state index is 0.527. The molecule has 0 aliphatic carbocycles. The van der Waals surface area contributed by atoms with Gasteiger partial charge >= 0.3 is 0 Å². The van der Waals surface area contributed by atoms with Crippen molar-refractivity contribution in [3.63, 3.8) is 0 Å². The van der Waals surface area contributed by atoms with Gasteiger partial charge in [0.25, 0.3) is 0 Å². The van der Waals surface area contributed by atoms with Gasteiger partial charge in [-0.15, -0.1) is 15.0 Å². The largest absolute Gasteiger partial charge is 0.378 e. The normalized spacial score (nSPS) is 16.4. The van der Waals surface area contributed by atoms with Crippen LogP contribution in [0.15, 0.2) is 0 Å². The average molecular weight is 237 g/mol. The first kappa shape index (κ1) is 10.1. The minimum atomic E-state index is 0.527. The number of aryl methyl sites for hydroxylation is 1. The number of tetrazole rings is 2. The average Bonchev–Trinajstić information content (AvgIpc) is 2.98. The van der Waals surface area contributed by atoms with Crippen molar-refractivity contribution in [1.82, 2.24) is 40.5 Å². The molecule has 0 aromatic carbocycles. The Kier molecular flexibility index (Phi) is 2.40. The molecule has 10 nitrogen and oxygen atoms in total. The second-order valence-electron chi connectivity index (χ2n) is 3.58. The lowest BCUT2D eigenvalue weighted by Gasteiger charge is -2.27. The molecule has 2 aromatic heterocycles. The molecule has 2 aromatic rings. The lowest BCUT2D eigenvalue weighted by Crippen LogP contribution is -2.45. The van der Waals surface area contributed by atoms with E-state index in [1.807, 2.05) is 5.01 Å². The molecule has 0 radical (unpaired) electrons. The molecule has 3 heterocycles. The van der Waals surface area contributed by atoms with Crippen LogP contribution in [0.3, 0.4) is 0 Å². The highest BCUT2D eigenvalue weighted by atomic mass is 16.5. The van der Waals surface area contributed by atoms with Crippen LogP contribution in [0.25, 0.3) is 11.6 Å². The van der Waals surface area contributed by atoms with E-state index in [1.165, 1.54) is 4.68 Å². The molecule has 0 amide bonds. The zero-order chi connectivity index (χ0) is 11.7. The van der Waals surface area contributed by atoms with Gasteiger partial charge in [0.15, 0.2) is 0 Å². The molecular formula is C7H11N9O. The number of hydrogen-bond acceptors (Lipinski definition) is 8. The number of morpholine rings is 1. The molecule has 0 atom stereocenters. The molecule has 17 heavy (non-hydrogen) atoms. The number of hydrogen-bond donors (Lipinski definition) is 0. The van der Waals surface area contributed by atoms with Crippen molar-refractivity contribution in [2.45, 2.75) is 0 Å². The van der Waals surface area contributed by atoms with E-state index in [-0.39, 0.29) is 0 Å². The molecule has 0 unspecified atom stereocenters. The second-order valence-corrected chi connectivity index (χ2v) is 3.58. The third kappa shape index (κ3) is 1.71. The summed E-state index contributed by atoms with van der Waals surface area (Å²) in [5, 5.41) is 24.8. The van der Waals surface area contributed by atoms with Crippen molar-refractivity contribution in [1.29, 1.82) is 0 Å². The highest BCUT2D eigenvalue weighted by molar-refractivity contribution is 5.41. The number of nitrogens with zero attached hydrogens (tertiary/aromatic N) is 9.